The Balaban J connectivity index is 2.27. The van der Waals surface area contributed by atoms with Gasteiger partial charge in [-0.2, -0.15) is 0 Å². The van der Waals surface area contributed by atoms with Crippen LogP contribution in [-0.4, -0.2) is 43.5 Å². The smallest absolute Gasteiger partial charge is 0.237 e. The van der Waals surface area contributed by atoms with Crippen molar-refractivity contribution >= 4 is 18.7 Å². The van der Waals surface area contributed by atoms with Gasteiger partial charge in [-0.25, -0.2) is 0 Å². The fourth-order valence-electron chi connectivity index (χ4n) is 1.09. The maximum absolute atomic E-state index is 11.2. The minimum Gasteiger partial charge on any atom is -0.339 e. The number of carbonyl (C=O) groups excluding carboxylic acids is 1. The van der Waals surface area contributed by atoms with Crippen LogP contribution in [0.25, 0.3) is 0 Å². The predicted octanol–water partition coefficient (Wildman–Crippen LogP) is -1.15. The van der Waals surface area contributed by atoms with Crippen LogP contribution in [0.1, 0.15) is 0 Å². The zero-order chi connectivity index (χ0) is 8.10. The summed E-state index contributed by atoms with van der Waals surface area (Å²) in [5, 5.41) is 3.18. The highest BCUT2D eigenvalue weighted by Crippen LogP contribution is 1.91. The summed E-state index contributed by atoms with van der Waals surface area (Å²) in [4.78, 5) is 13.0. The largest absolute Gasteiger partial charge is 0.339 e. The number of nitrogens with zero attached hydrogens (tertiary/aromatic N) is 1. The Morgan fingerprint density at radius 3 is 2.73 bits per heavy atom. The summed E-state index contributed by atoms with van der Waals surface area (Å²) >= 11 is 3.77. The maximum Gasteiger partial charge on any atom is 0.237 e. The highest BCUT2D eigenvalue weighted by Gasteiger charge is 2.14. The SMILES string of the molecule is O=C(CNS)N1CCNCC1. The molecule has 1 saturated heterocycles. The Morgan fingerprint density at radius 1 is 1.55 bits per heavy atom. The number of carbonyl (C=O) groups is 1. The van der Waals surface area contributed by atoms with Crippen LogP contribution in [0.15, 0.2) is 0 Å². The third-order valence-corrected chi connectivity index (χ3v) is 1.86. The standard InChI is InChI=1S/C6H13N3OS/c10-6(5-8-11)9-3-1-7-2-4-9/h7-8,11H,1-5H2. The molecule has 0 bridgehead atoms. The molecule has 0 aromatic rings. The molecule has 0 aromatic carbocycles. The summed E-state index contributed by atoms with van der Waals surface area (Å²) in [7, 11) is 0. The molecule has 0 aliphatic carbocycles. The molecule has 0 spiro atoms. The Kier molecular flexibility index (Phi) is 3.68. The van der Waals surface area contributed by atoms with E-state index in [2.05, 4.69) is 22.9 Å². The van der Waals surface area contributed by atoms with E-state index in [0.29, 0.717) is 6.54 Å². The van der Waals surface area contributed by atoms with Crippen molar-refractivity contribution in [3.8, 4) is 0 Å². The zero-order valence-electron chi connectivity index (χ0n) is 6.34. The van der Waals surface area contributed by atoms with E-state index in [1.165, 1.54) is 0 Å². The van der Waals surface area contributed by atoms with Crippen LogP contribution in [0.3, 0.4) is 0 Å². The highest BCUT2D eigenvalue weighted by atomic mass is 32.1. The summed E-state index contributed by atoms with van der Waals surface area (Å²) in [6, 6.07) is 0. The fourth-order valence-corrected chi connectivity index (χ4v) is 1.23. The first-order chi connectivity index (χ1) is 5.34. The van der Waals surface area contributed by atoms with Gasteiger partial charge in [-0.3, -0.25) is 9.52 Å². The third kappa shape index (κ3) is 2.69. The number of thiol groups is 1. The lowest BCUT2D eigenvalue weighted by molar-refractivity contribution is -0.130. The number of amides is 1. The molecule has 64 valence electrons. The Hall–Kier alpha value is -0.260. The Bertz CT molecular complexity index is 136. The molecule has 4 nitrogen and oxygen atoms in total. The fraction of sp³-hybridized carbons (Fsp3) is 0.833. The van der Waals surface area contributed by atoms with Gasteiger partial charge >= 0.3 is 0 Å². The van der Waals surface area contributed by atoms with Crippen molar-refractivity contribution in [2.45, 2.75) is 0 Å². The predicted molar refractivity (Wildman–Crippen MR) is 46.4 cm³/mol. The number of hydrogen-bond acceptors (Lipinski definition) is 4. The molecule has 11 heavy (non-hydrogen) atoms. The summed E-state index contributed by atoms with van der Waals surface area (Å²) in [5.41, 5.74) is 0. The molecule has 2 N–H and O–H groups in total. The second-order valence-electron chi connectivity index (χ2n) is 2.47. The third-order valence-electron chi connectivity index (χ3n) is 1.70. The summed E-state index contributed by atoms with van der Waals surface area (Å²) in [6.07, 6.45) is 0. The topological polar surface area (TPSA) is 44.4 Å². The van der Waals surface area contributed by atoms with Crippen molar-refractivity contribution in [1.29, 1.82) is 0 Å². The van der Waals surface area contributed by atoms with Crippen molar-refractivity contribution in [3.63, 3.8) is 0 Å². The van der Waals surface area contributed by atoms with Gasteiger partial charge in [-0.05, 0) is 0 Å². The lowest BCUT2D eigenvalue weighted by Crippen LogP contribution is -2.48. The van der Waals surface area contributed by atoms with Gasteiger partial charge in [-0.1, -0.05) is 12.8 Å². The van der Waals surface area contributed by atoms with Gasteiger partial charge in [0.15, 0.2) is 0 Å². The summed E-state index contributed by atoms with van der Waals surface area (Å²) in [5.74, 6) is 0.126. The van der Waals surface area contributed by atoms with E-state index in [4.69, 9.17) is 0 Å². The lowest BCUT2D eigenvalue weighted by atomic mass is 10.3. The second-order valence-corrected chi connectivity index (χ2v) is 2.78. The summed E-state index contributed by atoms with van der Waals surface area (Å²) in [6.45, 7) is 3.75. The number of rotatable bonds is 2. The number of hydrogen-bond donors (Lipinski definition) is 3. The first-order valence-corrected chi connectivity index (χ1v) is 4.15. The molecule has 1 aliphatic heterocycles. The zero-order valence-corrected chi connectivity index (χ0v) is 7.23. The highest BCUT2D eigenvalue weighted by molar-refractivity contribution is 7.78. The van der Waals surface area contributed by atoms with Crippen LogP contribution in [0.5, 0.6) is 0 Å². The monoisotopic (exact) mass is 175 g/mol. The van der Waals surface area contributed by atoms with Gasteiger partial charge in [0.1, 0.15) is 0 Å². The average Bonchev–Trinajstić information content (AvgIpc) is 2.07. The van der Waals surface area contributed by atoms with Crippen molar-refractivity contribution in [1.82, 2.24) is 14.9 Å². The van der Waals surface area contributed by atoms with Crippen LogP contribution < -0.4 is 10.0 Å². The van der Waals surface area contributed by atoms with E-state index in [0.717, 1.165) is 26.2 Å². The minimum absolute atomic E-state index is 0.126. The average molecular weight is 175 g/mol. The number of nitrogens with one attached hydrogen (secondary N) is 2. The normalized spacial score (nSPS) is 18.5. The van der Waals surface area contributed by atoms with Gasteiger partial charge < -0.3 is 10.2 Å². The van der Waals surface area contributed by atoms with E-state index in [-0.39, 0.29) is 5.91 Å². The van der Waals surface area contributed by atoms with E-state index < -0.39 is 0 Å². The van der Waals surface area contributed by atoms with Gasteiger partial charge in [0.05, 0.1) is 6.54 Å². The first-order valence-electron chi connectivity index (χ1n) is 3.70. The molecule has 5 heteroatoms. The number of piperazine rings is 1. The Morgan fingerprint density at radius 2 is 2.18 bits per heavy atom. The summed E-state index contributed by atoms with van der Waals surface area (Å²) < 4.78 is 2.55. The molecule has 0 atom stereocenters. The van der Waals surface area contributed by atoms with Crippen molar-refractivity contribution in [3.05, 3.63) is 0 Å². The van der Waals surface area contributed by atoms with Crippen molar-refractivity contribution < 1.29 is 4.79 Å². The van der Waals surface area contributed by atoms with Crippen LogP contribution in [0.4, 0.5) is 0 Å². The van der Waals surface area contributed by atoms with Gasteiger partial charge in [0.2, 0.25) is 5.91 Å². The molecule has 1 fully saturated rings. The first kappa shape index (κ1) is 8.83. The molecule has 0 radical (unpaired) electrons. The van der Waals surface area contributed by atoms with Crippen molar-refractivity contribution in [2.24, 2.45) is 0 Å². The molecule has 0 aromatic heterocycles. The van der Waals surface area contributed by atoms with E-state index in [1.807, 2.05) is 4.90 Å². The van der Waals surface area contributed by atoms with E-state index in [1.54, 1.807) is 0 Å². The molecular formula is C6H13N3OS. The molecule has 1 rings (SSSR count). The molecule has 0 saturated carbocycles. The lowest BCUT2D eigenvalue weighted by Gasteiger charge is -2.27. The molecule has 1 aliphatic rings. The molecule has 1 heterocycles. The van der Waals surface area contributed by atoms with Crippen LogP contribution >= 0.6 is 12.8 Å². The van der Waals surface area contributed by atoms with Gasteiger partial charge in [0.25, 0.3) is 0 Å². The van der Waals surface area contributed by atoms with E-state index >= 15 is 0 Å². The van der Waals surface area contributed by atoms with Gasteiger partial charge in [-0.15, -0.1) is 0 Å². The molecule has 0 unspecified atom stereocenters. The molecule has 1 amide bonds. The second kappa shape index (κ2) is 4.58. The van der Waals surface area contributed by atoms with E-state index in [9.17, 15) is 4.79 Å². The maximum atomic E-state index is 11.2. The van der Waals surface area contributed by atoms with Gasteiger partial charge in [0, 0.05) is 26.2 Å². The Labute approximate surface area is 71.9 Å². The molecular weight excluding hydrogens is 162 g/mol. The quantitative estimate of drug-likeness (QED) is 0.465. The van der Waals surface area contributed by atoms with Crippen LogP contribution in [0.2, 0.25) is 0 Å². The minimum atomic E-state index is 0.126. The van der Waals surface area contributed by atoms with Crippen molar-refractivity contribution in [2.75, 3.05) is 32.7 Å². The van der Waals surface area contributed by atoms with Crippen LogP contribution in [0, 0.1) is 0 Å². The van der Waals surface area contributed by atoms with Crippen LogP contribution in [-0.2, 0) is 4.79 Å².